The molecule has 0 saturated carbocycles. The largest absolute Gasteiger partial charge is 0.425 e. The third kappa shape index (κ3) is 3.55. The summed E-state index contributed by atoms with van der Waals surface area (Å²) in [4.78, 5) is 0. The van der Waals surface area contributed by atoms with E-state index in [1.54, 1.807) is 0 Å². The van der Waals surface area contributed by atoms with E-state index in [4.69, 9.17) is 10.2 Å². The molecule has 0 saturated heterocycles. The molecule has 1 aromatic heterocycles. The molecule has 74 valence electrons. The monoisotopic (exact) mass is 183 g/mol. The third-order valence-corrected chi connectivity index (χ3v) is 1.55. The van der Waals surface area contributed by atoms with Crippen LogP contribution in [0.3, 0.4) is 0 Å². The van der Waals surface area contributed by atoms with Gasteiger partial charge in [-0.05, 0) is 5.41 Å². The van der Waals surface area contributed by atoms with Crippen molar-refractivity contribution < 1.29 is 4.42 Å². The normalized spacial score (nSPS) is 12.0. The minimum atomic E-state index is 0.187. The van der Waals surface area contributed by atoms with Gasteiger partial charge in [-0.1, -0.05) is 20.8 Å². The van der Waals surface area contributed by atoms with Gasteiger partial charge < -0.3 is 10.2 Å². The maximum atomic E-state index is 5.40. The summed E-state index contributed by atoms with van der Waals surface area (Å²) in [6, 6.07) is 0. The number of rotatable bonds is 3. The number of nitrogens with zero attached hydrogens (tertiary/aromatic N) is 2. The Morgan fingerprint density at radius 2 is 1.85 bits per heavy atom. The maximum absolute atomic E-state index is 5.40. The zero-order valence-corrected chi connectivity index (χ0v) is 8.50. The van der Waals surface area contributed by atoms with Gasteiger partial charge in [-0.2, -0.15) is 0 Å². The summed E-state index contributed by atoms with van der Waals surface area (Å²) in [5, 5.41) is 7.84. The summed E-state index contributed by atoms with van der Waals surface area (Å²) in [5.41, 5.74) is 5.56. The number of hydrogen-bond acceptors (Lipinski definition) is 4. The van der Waals surface area contributed by atoms with Crippen LogP contribution in [-0.2, 0) is 12.8 Å². The van der Waals surface area contributed by atoms with Crippen LogP contribution >= 0.6 is 0 Å². The van der Waals surface area contributed by atoms with Gasteiger partial charge in [0.05, 0.1) is 0 Å². The maximum Gasteiger partial charge on any atom is 0.217 e. The molecule has 4 nitrogen and oxygen atoms in total. The van der Waals surface area contributed by atoms with E-state index in [-0.39, 0.29) is 5.41 Å². The molecule has 0 aliphatic heterocycles. The van der Waals surface area contributed by atoms with Crippen LogP contribution < -0.4 is 5.73 Å². The predicted molar refractivity (Wildman–Crippen MR) is 50.2 cm³/mol. The molecule has 0 radical (unpaired) electrons. The fourth-order valence-electron chi connectivity index (χ4n) is 1.04. The van der Waals surface area contributed by atoms with Crippen molar-refractivity contribution in [1.29, 1.82) is 0 Å². The smallest absolute Gasteiger partial charge is 0.217 e. The van der Waals surface area contributed by atoms with Gasteiger partial charge in [0.2, 0.25) is 11.8 Å². The summed E-state index contributed by atoms with van der Waals surface area (Å²) in [7, 11) is 0. The van der Waals surface area contributed by atoms with Crippen molar-refractivity contribution in [3.05, 3.63) is 11.8 Å². The molecule has 1 heterocycles. The molecular weight excluding hydrogens is 166 g/mol. The Balaban J connectivity index is 2.59. The molecular formula is C9H17N3O. The summed E-state index contributed by atoms with van der Waals surface area (Å²) in [6.07, 6.45) is 1.47. The Morgan fingerprint density at radius 1 is 1.23 bits per heavy atom. The van der Waals surface area contributed by atoms with Gasteiger partial charge in [0.1, 0.15) is 0 Å². The van der Waals surface area contributed by atoms with Gasteiger partial charge in [0.15, 0.2) is 0 Å². The topological polar surface area (TPSA) is 64.9 Å². The zero-order chi connectivity index (χ0) is 9.90. The molecule has 1 rings (SSSR count). The standard InChI is InChI=1S/C9H17N3O/c1-9(2,3)6-8-12-11-7(13-8)4-5-10/h4-6,10H2,1-3H3. The zero-order valence-electron chi connectivity index (χ0n) is 8.50. The van der Waals surface area contributed by atoms with Gasteiger partial charge in [0, 0.05) is 19.4 Å². The van der Waals surface area contributed by atoms with Crippen LogP contribution in [0.4, 0.5) is 0 Å². The van der Waals surface area contributed by atoms with Crippen molar-refractivity contribution >= 4 is 0 Å². The fraction of sp³-hybridized carbons (Fsp3) is 0.778. The first-order valence-electron chi connectivity index (χ1n) is 4.52. The molecule has 13 heavy (non-hydrogen) atoms. The first kappa shape index (κ1) is 10.2. The molecule has 0 atom stereocenters. The van der Waals surface area contributed by atoms with E-state index in [2.05, 4.69) is 31.0 Å². The van der Waals surface area contributed by atoms with E-state index in [9.17, 15) is 0 Å². The van der Waals surface area contributed by atoms with Gasteiger partial charge in [-0.3, -0.25) is 0 Å². The second-order valence-electron chi connectivity index (χ2n) is 4.37. The average Bonchev–Trinajstić information content (AvgIpc) is 2.33. The minimum absolute atomic E-state index is 0.187. The van der Waals surface area contributed by atoms with E-state index >= 15 is 0 Å². The van der Waals surface area contributed by atoms with Crippen LogP contribution in [0.25, 0.3) is 0 Å². The highest BCUT2D eigenvalue weighted by Crippen LogP contribution is 2.19. The highest BCUT2D eigenvalue weighted by Gasteiger charge is 2.15. The van der Waals surface area contributed by atoms with Crippen molar-refractivity contribution in [2.24, 2.45) is 11.1 Å². The summed E-state index contributed by atoms with van der Waals surface area (Å²) >= 11 is 0. The molecule has 0 bridgehead atoms. The summed E-state index contributed by atoms with van der Waals surface area (Å²) in [5.74, 6) is 1.35. The van der Waals surface area contributed by atoms with Crippen molar-refractivity contribution in [2.75, 3.05) is 6.54 Å². The van der Waals surface area contributed by atoms with Crippen molar-refractivity contribution in [3.63, 3.8) is 0 Å². The fourth-order valence-corrected chi connectivity index (χ4v) is 1.04. The molecule has 0 spiro atoms. The average molecular weight is 183 g/mol. The lowest BCUT2D eigenvalue weighted by Crippen LogP contribution is -2.09. The Kier molecular flexibility index (Phi) is 3.03. The highest BCUT2D eigenvalue weighted by molar-refractivity contribution is 4.86. The van der Waals surface area contributed by atoms with E-state index in [0.29, 0.717) is 24.7 Å². The molecule has 0 aromatic carbocycles. The first-order chi connectivity index (χ1) is 6.01. The Morgan fingerprint density at radius 3 is 2.38 bits per heavy atom. The van der Waals surface area contributed by atoms with Crippen LogP contribution in [0, 0.1) is 5.41 Å². The highest BCUT2D eigenvalue weighted by atomic mass is 16.4. The number of aromatic nitrogens is 2. The number of nitrogens with two attached hydrogens (primary N) is 1. The van der Waals surface area contributed by atoms with Crippen LogP contribution in [0.2, 0.25) is 0 Å². The summed E-state index contributed by atoms with van der Waals surface area (Å²) < 4.78 is 5.40. The van der Waals surface area contributed by atoms with Gasteiger partial charge >= 0.3 is 0 Å². The SMILES string of the molecule is CC(C)(C)Cc1nnc(CCN)o1. The van der Waals surface area contributed by atoms with E-state index in [1.807, 2.05) is 0 Å². The van der Waals surface area contributed by atoms with Crippen LogP contribution in [0.15, 0.2) is 4.42 Å². The lowest BCUT2D eigenvalue weighted by atomic mass is 9.92. The molecule has 0 amide bonds. The first-order valence-corrected chi connectivity index (χ1v) is 4.52. The molecule has 0 fully saturated rings. The van der Waals surface area contributed by atoms with E-state index in [1.165, 1.54) is 0 Å². The van der Waals surface area contributed by atoms with E-state index in [0.717, 1.165) is 6.42 Å². The Labute approximate surface area is 78.5 Å². The molecule has 1 aromatic rings. The van der Waals surface area contributed by atoms with Crippen molar-refractivity contribution in [1.82, 2.24) is 10.2 Å². The van der Waals surface area contributed by atoms with Gasteiger partial charge in [-0.25, -0.2) is 0 Å². The lowest BCUT2D eigenvalue weighted by Gasteiger charge is -2.14. The van der Waals surface area contributed by atoms with E-state index < -0.39 is 0 Å². The minimum Gasteiger partial charge on any atom is -0.425 e. The van der Waals surface area contributed by atoms with Crippen molar-refractivity contribution in [3.8, 4) is 0 Å². The second-order valence-corrected chi connectivity index (χ2v) is 4.37. The molecule has 0 aliphatic carbocycles. The van der Waals surface area contributed by atoms with Crippen LogP contribution in [-0.4, -0.2) is 16.7 Å². The van der Waals surface area contributed by atoms with Crippen molar-refractivity contribution in [2.45, 2.75) is 33.6 Å². The molecule has 4 heteroatoms. The quantitative estimate of drug-likeness (QED) is 0.763. The van der Waals surface area contributed by atoms with Crippen LogP contribution in [0.1, 0.15) is 32.6 Å². The summed E-state index contributed by atoms with van der Waals surface area (Å²) in [6.45, 7) is 6.97. The third-order valence-electron chi connectivity index (χ3n) is 1.55. The lowest BCUT2D eigenvalue weighted by molar-refractivity contribution is 0.345. The molecule has 2 N–H and O–H groups in total. The molecule has 0 unspecified atom stereocenters. The Hall–Kier alpha value is -0.900. The van der Waals surface area contributed by atoms with Gasteiger partial charge in [0.25, 0.3) is 0 Å². The predicted octanol–water partition coefficient (Wildman–Crippen LogP) is 1.16. The molecule has 0 aliphatic rings. The van der Waals surface area contributed by atoms with Gasteiger partial charge in [-0.15, -0.1) is 10.2 Å². The second kappa shape index (κ2) is 3.87. The number of hydrogen-bond donors (Lipinski definition) is 1. The van der Waals surface area contributed by atoms with Crippen LogP contribution in [0.5, 0.6) is 0 Å². The Bertz CT molecular complexity index is 262.